The Bertz CT molecular complexity index is 568. The largest absolute Gasteiger partial charge is 0.387 e. The van der Waals surface area contributed by atoms with E-state index in [-0.39, 0.29) is 12.5 Å². The average Bonchev–Trinajstić information content (AvgIpc) is 2.73. The molecule has 1 saturated heterocycles. The molecule has 0 aliphatic carbocycles. The number of hydrogen-bond donors (Lipinski definition) is 2. The van der Waals surface area contributed by atoms with Gasteiger partial charge in [-0.3, -0.25) is 9.69 Å². The minimum Gasteiger partial charge on any atom is -0.387 e. The first-order chi connectivity index (χ1) is 10.9. The fraction of sp³-hybridized carbons (Fsp3) is 0.529. The third kappa shape index (κ3) is 3.67. The van der Waals surface area contributed by atoms with Crippen LogP contribution in [-0.4, -0.2) is 34.0 Å². The highest BCUT2D eigenvalue weighted by atomic mass is 35.5. The molecule has 0 radical (unpaired) electrons. The number of nitrogens with one attached hydrogen (secondary N) is 1. The van der Waals surface area contributed by atoms with Crippen LogP contribution in [0.4, 0.5) is 4.79 Å². The molecule has 3 amide bonds. The van der Waals surface area contributed by atoms with E-state index >= 15 is 0 Å². The standard InChI is InChI=1S/C17H23ClN2O3/c1-3-9-17(10-4-2)15(22)20(16(23)19-17)11-14(21)12-5-7-13(18)8-6-12/h5-8,14,21H,3-4,9-11H2,1-2H3,(H,19,23). The number of carbonyl (C=O) groups excluding carboxylic acids is 2. The van der Waals surface area contributed by atoms with Crippen LogP contribution in [0.15, 0.2) is 24.3 Å². The monoisotopic (exact) mass is 338 g/mol. The van der Waals surface area contributed by atoms with Crippen molar-refractivity contribution in [2.24, 2.45) is 0 Å². The topological polar surface area (TPSA) is 69.6 Å². The molecule has 1 aromatic carbocycles. The summed E-state index contributed by atoms with van der Waals surface area (Å²) >= 11 is 5.83. The normalized spacial score (nSPS) is 18.2. The van der Waals surface area contributed by atoms with Crippen molar-refractivity contribution in [1.29, 1.82) is 0 Å². The molecule has 1 heterocycles. The van der Waals surface area contributed by atoms with E-state index in [1.807, 2.05) is 13.8 Å². The fourth-order valence-electron chi connectivity index (χ4n) is 3.12. The van der Waals surface area contributed by atoms with Crippen LogP contribution in [0.5, 0.6) is 0 Å². The van der Waals surface area contributed by atoms with Crippen molar-refractivity contribution in [1.82, 2.24) is 10.2 Å². The SMILES string of the molecule is CCCC1(CCC)NC(=O)N(CC(O)c2ccc(Cl)cc2)C1=O. The number of nitrogens with zero attached hydrogens (tertiary/aromatic N) is 1. The van der Waals surface area contributed by atoms with Crippen LogP contribution < -0.4 is 5.32 Å². The molecule has 1 aliphatic rings. The van der Waals surface area contributed by atoms with Gasteiger partial charge in [0.2, 0.25) is 0 Å². The van der Waals surface area contributed by atoms with Gasteiger partial charge in [-0.25, -0.2) is 4.79 Å². The Morgan fingerprint density at radius 3 is 2.26 bits per heavy atom. The summed E-state index contributed by atoms with van der Waals surface area (Å²) in [5.41, 5.74) is -0.196. The number of rotatable bonds is 7. The molecular formula is C17H23ClN2O3. The van der Waals surface area contributed by atoms with Gasteiger partial charge >= 0.3 is 6.03 Å². The first-order valence-corrected chi connectivity index (χ1v) is 8.39. The van der Waals surface area contributed by atoms with Gasteiger partial charge in [0.1, 0.15) is 5.54 Å². The van der Waals surface area contributed by atoms with Gasteiger partial charge in [-0.15, -0.1) is 0 Å². The molecular weight excluding hydrogens is 316 g/mol. The fourth-order valence-corrected chi connectivity index (χ4v) is 3.25. The predicted molar refractivity (Wildman–Crippen MR) is 89.2 cm³/mol. The van der Waals surface area contributed by atoms with Gasteiger partial charge in [0.15, 0.2) is 0 Å². The van der Waals surface area contributed by atoms with Crippen molar-refractivity contribution in [3.8, 4) is 0 Å². The molecule has 2 N–H and O–H groups in total. The Balaban J connectivity index is 2.14. The van der Waals surface area contributed by atoms with E-state index in [9.17, 15) is 14.7 Å². The number of aliphatic hydroxyl groups is 1. The van der Waals surface area contributed by atoms with Crippen LogP contribution in [0, 0.1) is 0 Å². The summed E-state index contributed by atoms with van der Waals surface area (Å²) in [6.07, 6.45) is 1.90. The van der Waals surface area contributed by atoms with Crippen LogP contribution in [-0.2, 0) is 4.79 Å². The molecule has 1 aromatic rings. The Labute approximate surface area is 141 Å². The van der Waals surface area contributed by atoms with Crippen molar-refractivity contribution in [2.45, 2.75) is 51.2 Å². The minimum absolute atomic E-state index is 0.0541. The van der Waals surface area contributed by atoms with E-state index in [0.29, 0.717) is 23.4 Å². The zero-order valence-corrected chi connectivity index (χ0v) is 14.3. The molecule has 6 heteroatoms. The quantitative estimate of drug-likeness (QED) is 0.750. The van der Waals surface area contributed by atoms with Crippen molar-refractivity contribution >= 4 is 23.5 Å². The number of urea groups is 1. The Morgan fingerprint density at radius 1 is 1.17 bits per heavy atom. The van der Waals surface area contributed by atoms with Gasteiger partial charge in [-0.05, 0) is 30.5 Å². The van der Waals surface area contributed by atoms with Gasteiger partial charge in [0.05, 0.1) is 12.6 Å². The van der Waals surface area contributed by atoms with Crippen LogP contribution >= 0.6 is 11.6 Å². The van der Waals surface area contributed by atoms with E-state index < -0.39 is 17.7 Å². The Morgan fingerprint density at radius 2 is 1.74 bits per heavy atom. The van der Waals surface area contributed by atoms with Crippen molar-refractivity contribution in [3.05, 3.63) is 34.9 Å². The average molecular weight is 339 g/mol. The highest BCUT2D eigenvalue weighted by Gasteiger charge is 2.50. The number of hydrogen-bond acceptors (Lipinski definition) is 3. The van der Waals surface area contributed by atoms with Crippen LogP contribution in [0.3, 0.4) is 0 Å². The summed E-state index contributed by atoms with van der Waals surface area (Å²) in [4.78, 5) is 26.1. The van der Waals surface area contributed by atoms with Crippen LogP contribution in [0.25, 0.3) is 0 Å². The number of benzene rings is 1. The predicted octanol–water partition coefficient (Wildman–Crippen LogP) is 3.26. The third-order valence-electron chi connectivity index (χ3n) is 4.21. The smallest absolute Gasteiger partial charge is 0.325 e. The molecule has 0 saturated carbocycles. The summed E-state index contributed by atoms with van der Waals surface area (Å²) in [5.74, 6) is -0.237. The maximum absolute atomic E-state index is 12.7. The molecule has 23 heavy (non-hydrogen) atoms. The van der Waals surface area contributed by atoms with Crippen LogP contribution in [0.2, 0.25) is 5.02 Å². The lowest BCUT2D eigenvalue weighted by atomic mass is 9.88. The molecule has 2 rings (SSSR count). The summed E-state index contributed by atoms with van der Waals surface area (Å²) in [6, 6.07) is 6.30. The molecule has 1 fully saturated rings. The molecule has 0 bridgehead atoms. The first-order valence-electron chi connectivity index (χ1n) is 8.01. The molecule has 0 spiro atoms. The van der Waals surface area contributed by atoms with Crippen molar-refractivity contribution in [3.63, 3.8) is 0 Å². The van der Waals surface area contributed by atoms with E-state index in [1.54, 1.807) is 24.3 Å². The number of amides is 3. The molecule has 1 unspecified atom stereocenters. The van der Waals surface area contributed by atoms with E-state index in [4.69, 9.17) is 11.6 Å². The lowest BCUT2D eigenvalue weighted by molar-refractivity contribution is -0.132. The lowest BCUT2D eigenvalue weighted by Gasteiger charge is -2.26. The third-order valence-corrected chi connectivity index (χ3v) is 4.46. The van der Waals surface area contributed by atoms with Gasteiger partial charge < -0.3 is 10.4 Å². The van der Waals surface area contributed by atoms with Gasteiger partial charge in [0, 0.05) is 5.02 Å². The molecule has 1 aliphatic heterocycles. The van der Waals surface area contributed by atoms with Crippen LogP contribution in [0.1, 0.15) is 51.2 Å². The van der Waals surface area contributed by atoms with E-state index in [0.717, 1.165) is 17.7 Å². The molecule has 5 nitrogen and oxygen atoms in total. The zero-order chi connectivity index (χ0) is 17.0. The van der Waals surface area contributed by atoms with E-state index in [2.05, 4.69) is 5.32 Å². The number of β-amino-alcohol motifs (C(OH)–C–C–N with tert-alkyl or cyclic N) is 1. The van der Waals surface area contributed by atoms with Gasteiger partial charge in [-0.2, -0.15) is 0 Å². The Hall–Kier alpha value is -1.59. The summed E-state index contributed by atoms with van der Waals surface area (Å²) < 4.78 is 0. The zero-order valence-electron chi connectivity index (χ0n) is 13.5. The second-order valence-electron chi connectivity index (χ2n) is 6.00. The van der Waals surface area contributed by atoms with Gasteiger partial charge in [0.25, 0.3) is 5.91 Å². The highest BCUT2D eigenvalue weighted by molar-refractivity contribution is 6.30. The van der Waals surface area contributed by atoms with Crippen molar-refractivity contribution < 1.29 is 14.7 Å². The minimum atomic E-state index is -0.930. The first kappa shape index (κ1) is 17.8. The number of aliphatic hydroxyl groups excluding tert-OH is 1. The second kappa shape index (κ2) is 7.32. The molecule has 126 valence electrons. The highest BCUT2D eigenvalue weighted by Crippen LogP contribution is 2.29. The van der Waals surface area contributed by atoms with Gasteiger partial charge in [-0.1, -0.05) is 50.4 Å². The number of imide groups is 1. The molecule has 1 atom stereocenters. The lowest BCUT2D eigenvalue weighted by Crippen LogP contribution is -2.47. The van der Waals surface area contributed by atoms with Crippen molar-refractivity contribution in [2.75, 3.05) is 6.54 Å². The molecule has 0 aromatic heterocycles. The maximum atomic E-state index is 12.7. The number of halogens is 1. The Kier molecular flexibility index (Phi) is 5.65. The summed E-state index contributed by atoms with van der Waals surface area (Å²) in [5, 5.41) is 13.7. The maximum Gasteiger partial charge on any atom is 0.325 e. The summed E-state index contributed by atoms with van der Waals surface area (Å²) in [7, 11) is 0. The van der Waals surface area contributed by atoms with E-state index in [1.165, 1.54) is 0 Å². The second-order valence-corrected chi connectivity index (χ2v) is 6.43. The number of carbonyl (C=O) groups is 2. The summed E-state index contributed by atoms with van der Waals surface area (Å²) in [6.45, 7) is 3.92.